The number of hydrogen-bond acceptors (Lipinski definition) is 6. The lowest BCUT2D eigenvalue weighted by molar-refractivity contribution is -0.142. The van der Waals surface area contributed by atoms with Crippen molar-refractivity contribution in [1.29, 1.82) is 0 Å². The van der Waals surface area contributed by atoms with Gasteiger partial charge < -0.3 is 4.74 Å². The van der Waals surface area contributed by atoms with Crippen LogP contribution in [0.4, 0.5) is 31.5 Å². The molecule has 7 nitrogen and oxygen atoms in total. The molecule has 0 saturated carbocycles. The van der Waals surface area contributed by atoms with E-state index in [1.165, 1.54) is 36.4 Å². The number of hydrogen-bond donors (Lipinski definition) is 1. The van der Waals surface area contributed by atoms with Gasteiger partial charge in [0.15, 0.2) is 22.2 Å². The van der Waals surface area contributed by atoms with Gasteiger partial charge in [-0.1, -0.05) is 0 Å². The summed E-state index contributed by atoms with van der Waals surface area (Å²) < 4.78 is 84.0. The average Bonchev–Trinajstić information content (AvgIpc) is 3.50. The zero-order chi connectivity index (χ0) is 27.0. The second kappa shape index (κ2) is 9.78. The SMILES string of the molecule is O=C(Nc1nc(-c2ccc(OC(F)F)cc2)cs1)c1cc2nc(-c3ccc(F)cc3)cc(C(F)(F)F)n2n1. The van der Waals surface area contributed by atoms with Crippen LogP contribution in [-0.4, -0.2) is 32.1 Å². The molecule has 0 aliphatic heterocycles. The molecule has 0 unspecified atom stereocenters. The highest BCUT2D eigenvalue weighted by atomic mass is 32.1. The molecule has 0 bridgehead atoms. The summed E-state index contributed by atoms with van der Waals surface area (Å²) in [7, 11) is 0. The Kier molecular flexibility index (Phi) is 6.48. The van der Waals surface area contributed by atoms with Crippen molar-refractivity contribution < 1.29 is 35.9 Å². The van der Waals surface area contributed by atoms with Gasteiger partial charge in [0.2, 0.25) is 0 Å². The number of amides is 1. The van der Waals surface area contributed by atoms with Gasteiger partial charge >= 0.3 is 12.8 Å². The summed E-state index contributed by atoms with van der Waals surface area (Å²) in [5.74, 6) is -1.42. The average molecular weight is 549 g/mol. The third-order valence-electron chi connectivity index (χ3n) is 5.19. The van der Waals surface area contributed by atoms with Crippen LogP contribution in [0.15, 0.2) is 66.0 Å². The van der Waals surface area contributed by atoms with Crippen molar-refractivity contribution in [3.05, 3.63) is 83.2 Å². The van der Waals surface area contributed by atoms with Gasteiger partial charge in [0.25, 0.3) is 5.91 Å². The molecule has 5 aromatic rings. The molecule has 0 radical (unpaired) electrons. The minimum Gasteiger partial charge on any atom is -0.435 e. The fraction of sp³-hybridized carbons (Fsp3) is 0.0833. The molecular formula is C24H13F6N5O2S. The molecule has 3 aromatic heterocycles. The number of benzene rings is 2. The second-order valence-electron chi connectivity index (χ2n) is 7.73. The first kappa shape index (κ1) is 25.2. The van der Waals surface area contributed by atoms with Crippen LogP contribution < -0.4 is 10.1 Å². The Labute approximate surface area is 213 Å². The zero-order valence-corrected chi connectivity index (χ0v) is 19.5. The highest BCUT2D eigenvalue weighted by Gasteiger charge is 2.35. The molecule has 1 amide bonds. The van der Waals surface area contributed by atoms with Crippen molar-refractivity contribution in [2.24, 2.45) is 0 Å². The number of carbonyl (C=O) groups is 1. The zero-order valence-electron chi connectivity index (χ0n) is 18.7. The molecule has 5 rings (SSSR count). The Morgan fingerprint density at radius 1 is 0.947 bits per heavy atom. The van der Waals surface area contributed by atoms with E-state index in [-0.39, 0.29) is 33.5 Å². The van der Waals surface area contributed by atoms with Crippen LogP contribution in [0, 0.1) is 5.82 Å². The minimum atomic E-state index is -4.82. The Morgan fingerprint density at radius 3 is 2.26 bits per heavy atom. The maximum atomic E-state index is 13.8. The van der Waals surface area contributed by atoms with Gasteiger partial charge in [-0.3, -0.25) is 10.1 Å². The summed E-state index contributed by atoms with van der Waals surface area (Å²) in [6.07, 6.45) is -4.82. The number of ether oxygens (including phenoxy) is 1. The van der Waals surface area contributed by atoms with Gasteiger partial charge in [-0.05, 0) is 54.6 Å². The molecule has 194 valence electrons. The lowest BCUT2D eigenvalue weighted by Crippen LogP contribution is -2.15. The van der Waals surface area contributed by atoms with Crippen molar-refractivity contribution in [1.82, 2.24) is 19.6 Å². The van der Waals surface area contributed by atoms with Crippen molar-refractivity contribution in [3.63, 3.8) is 0 Å². The summed E-state index contributed by atoms with van der Waals surface area (Å²) >= 11 is 1.04. The van der Waals surface area contributed by atoms with Gasteiger partial charge in [0, 0.05) is 22.6 Å². The number of carbonyl (C=O) groups excluding carboxylic acids is 1. The van der Waals surface area contributed by atoms with Crippen molar-refractivity contribution in [3.8, 4) is 28.3 Å². The van der Waals surface area contributed by atoms with Crippen LogP contribution in [0.5, 0.6) is 5.75 Å². The van der Waals surface area contributed by atoms with E-state index in [4.69, 9.17) is 0 Å². The van der Waals surface area contributed by atoms with Gasteiger partial charge in [-0.2, -0.15) is 27.1 Å². The summed E-state index contributed by atoms with van der Waals surface area (Å²) in [6.45, 7) is -2.96. The van der Waals surface area contributed by atoms with E-state index in [9.17, 15) is 31.1 Å². The topological polar surface area (TPSA) is 81.4 Å². The minimum absolute atomic E-state index is 0.0335. The van der Waals surface area contributed by atoms with E-state index in [1.54, 1.807) is 5.38 Å². The molecule has 38 heavy (non-hydrogen) atoms. The van der Waals surface area contributed by atoms with Crippen molar-refractivity contribution in [2.75, 3.05) is 5.32 Å². The summed E-state index contributed by atoms with van der Waals surface area (Å²) in [5.41, 5.74) is -0.601. The summed E-state index contributed by atoms with van der Waals surface area (Å²) in [6, 6.07) is 12.3. The summed E-state index contributed by atoms with van der Waals surface area (Å²) in [5, 5.41) is 7.99. The lowest BCUT2D eigenvalue weighted by atomic mass is 10.1. The normalized spacial score (nSPS) is 11.8. The molecule has 0 atom stereocenters. The van der Waals surface area contributed by atoms with Gasteiger partial charge in [-0.15, -0.1) is 11.3 Å². The predicted octanol–water partition coefficient (Wildman–Crippen LogP) is 6.53. The first-order valence-electron chi connectivity index (χ1n) is 10.6. The second-order valence-corrected chi connectivity index (χ2v) is 8.58. The maximum absolute atomic E-state index is 13.8. The molecule has 14 heteroatoms. The third kappa shape index (κ3) is 5.29. The highest BCUT2D eigenvalue weighted by molar-refractivity contribution is 7.14. The number of fused-ring (bicyclic) bond motifs is 1. The quantitative estimate of drug-likeness (QED) is 0.244. The number of alkyl halides is 5. The van der Waals surface area contributed by atoms with E-state index in [0.717, 1.165) is 35.6 Å². The Bertz CT molecular complexity index is 1610. The van der Waals surface area contributed by atoms with Crippen molar-refractivity contribution in [2.45, 2.75) is 12.8 Å². The number of nitrogens with one attached hydrogen (secondary N) is 1. The monoisotopic (exact) mass is 549 g/mol. The third-order valence-corrected chi connectivity index (χ3v) is 5.95. The van der Waals surface area contributed by atoms with E-state index in [2.05, 4.69) is 25.1 Å². The Balaban J connectivity index is 1.41. The molecule has 3 heterocycles. The number of anilines is 1. The van der Waals surface area contributed by atoms with Crippen LogP contribution in [-0.2, 0) is 6.18 Å². The highest BCUT2D eigenvalue weighted by Crippen LogP contribution is 2.33. The molecule has 0 aliphatic rings. The van der Waals surface area contributed by atoms with Crippen LogP contribution in [0.3, 0.4) is 0 Å². The van der Waals surface area contributed by atoms with Crippen LogP contribution in [0.1, 0.15) is 16.2 Å². The fourth-order valence-electron chi connectivity index (χ4n) is 3.49. The molecule has 1 N–H and O–H groups in total. The van der Waals surface area contributed by atoms with E-state index in [0.29, 0.717) is 15.8 Å². The fourth-order valence-corrected chi connectivity index (χ4v) is 4.20. The molecular weight excluding hydrogens is 536 g/mol. The van der Waals surface area contributed by atoms with Gasteiger partial charge in [0.1, 0.15) is 11.6 Å². The smallest absolute Gasteiger partial charge is 0.433 e. The summed E-state index contributed by atoms with van der Waals surface area (Å²) in [4.78, 5) is 21.2. The number of halogens is 6. The molecule has 0 saturated heterocycles. The van der Waals surface area contributed by atoms with E-state index in [1.807, 2.05) is 0 Å². The predicted molar refractivity (Wildman–Crippen MR) is 126 cm³/mol. The van der Waals surface area contributed by atoms with Gasteiger partial charge in [0.05, 0.1) is 11.4 Å². The largest absolute Gasteiger partial charge is 0.435 e. The number of rotatable bonds is 6. The number of thiazole rings is 1. The first-order valence-corrected chi connectivity index (χ1v) is 11.5. The van der Waals surface area contributed by atoms with E-state index < -0.39 is 30.2 Å². The molecule has 0 fully saturated rings. The lowest BCUT2D eigenvalue weighted by Gasteiger charge is -2.11. The maximum Gasteiger partial charge on any atom is 0.433 e. The molecule has 0 aliphatic carbocycles. The number of nitrogens with zero attached hydrogens (tertiary/aromatic N) is 4. The van der Waals surface area contributed by atoms with Crippen molar-refractivity contribution >= 4 is 28.0 Å². The van der Waals surface area contributed by atoms with Crippen LogP contribution >= 0.6 is 11.3 Å². The van der Waals surface area contributed by atoms with Crippen LogP contribution in [0.25, 0.3) is 28.2 Å². The van der Waals surface area contributed by atoms with E-state index >= 15 is 0 Å². The van der Waals surface area contributed by atoms with Gasteiger partial charge in [-0.25, -0.2) is 18.9 Å². The Morgan fingerprint density at radius 2 is 1.61 bits per heavy atom. The number of aromatic nitrogens is 4. The Hall–Kier alpha value is -4.46. The standard InChI is InChI=1S/C24H13F6N5O2S/c25-14-5-1-12(2-6-14)16-9-19(24(28,29)30)35-20(31-16)10-17(34-35)21(36)33-23-32-18(11-38-23)13-3-7-15(8-4-13)37-22(26)27/h1-11,22H,(H,32,33,36). The van der Waals surface area contributed by atoms with Crippen LogP contribution in [0.2, 0.25) is 0 Å². The molecule has 2 aromatic carbocycles. The molecule has 0 spiro atoms. The first-order chi connectivity index (χ1) is 18.1.